The van der Waals surface area contributed by atoms with Crippen molar-refractivity contribution in [3.63, 3.8) is 0 Å². The second-order valence-electron chi connectivity index (χ2n) is 8.03. The van der Waals surface area contributed by atoms with Crippen LogP contribution in [0.15, 0.2) is 48.5 Å². The number of rotatable bonds is 8. The summed E-state index contributed by atoms with van der Waals surface area (Å²) in [6, 6.07) is 15.4. The molecule has 0 saturated carbocycles. The zero-order valence-electron chi connectivity index (χ0n) is 17.2. The minimum absolute atomic E-state index is 0.00773. The molecule has 160 valence electrons. The van der Waals surface area contributed by atoms with Gasteiger partial charge >= 0.3 is 0 Å². The number of hydrogen-bond acceptors (Lipinski definition) is 4. The number of nitrogens with zero attached hydrogens (tertiary/aromatic N) is 2. The van der Waals surface area contributed by atoms with Crippen LogP contribution in [0.4, 0.5) is 5.69 Å². The molecule has 2 aliphatic heterocycles. The van der Waals surface area contributed by atoms with E-state index in [9.17, 15) is 13.2 Å². The highest BCUT2D eigenvalue weighted by atomic mass is 32.2. The molecule has 0 radical (unpaired) electrons. The van der Waals surface area contributed by atoms with Crippen molar-refractivity contribution in [1.82, 2.24) is 9.62 Å². The molecule has 0 atom stereocenters. The second-order valence-corrected chi connectivity index (χ2v) is 10.0. The molecule has 2 aliphatic rings. The number of benzene rings is 2. The van der Waals surface area contributed by atoms with Gasteiger partial charge in [-0.05, 0) is 55.0 Å². The standard InChI is InChI=1S/C23H29N3O3S/c27-23(24-13-5-14-25-17-12-20-6-1-2-7-22(20)25)21-10-8-19(9-11-21)18-30(28,29)26-15-3-4-16-26/h1-2,6-11H,3-5,12-18H2,(H,24,27). The monoisotopic (exact) mass is 427 g/mol. The molecule has 2 heterocycles. The van der Waals surface area contributed by atoms with Gasteiger partial charge in [0.1, 0.15) is 0 Å². The Kier molecular flexibility index (Phi) is 6.39. The number of hydrogen-bond donors (Lipinski definition) is 1. The van der Waals surface area contributed by atoms with E-state index in [1.54, 1.807) is 28.6 Å². The van der Waals surface area contributed by atoms with Gasteiger partial charge < -0.3 is 10.2 Å². The van der Waals surface area contributed by atoms with Crippen molar-refractivity contribution in [2.45, 2.75) is 31.4 Å². The maximum Gasteiger partial charge on any atom is 0.251 e. The molecule has 6 nitrogen and oxygen atoms in total. The zero-order valence-corrected chi connectivity index (χ0v) is 18.0. The van der Waals surface area contributed by atoms with Crippen molar-refractivity contribution < 1.29 is 13.2 Å². The van der Waals surface area contributed by atoms with Crippen LogP contribution in [0.3, 0.4) is 0 Å². The second kappa shape index (κ2) is 9.18. The fraction of sp³-hybridized carbons (Fsp3) is 0.435. The Morgan fingerprint density at radius 3 is 2.47 bits per heavy atom. The summed E-state index contributed by atoms with van der Waals surface area (Å²) in [5.41, 5.74) is 3.98. The Labute approximate surface area is 178 Å². The molecule has 1 amide bonds. The highest BCUT2D eigenvalue weighted by Crippen LogP contribution is 2.27. The lowest BCUT2D eigenvalue weighted by Gasteiger charge is -2.19. The molecule has 1 fully saturated rings. The van der Waals surface area contributed by atoms with Crippen LogP contribution in [0.2, 0.25) is 0 Å². The van der Waals surface area contributed by atoms with Crippen molar-refractivity contribution in [1.29, 1.82) is 0 Å². The van der Waals surface area contributed by atoms with Crippen LogP contribution in [-0.4, -0.2) is 51.4 Å². The van der Waals surface area contributed by atoms with Crippen LogP contribution in [-0.2, 0) is 22.2 Å². The SMILES string of the molecule is O=C(NCCCN1CCc2ccccc21)c1ccc(CS(=O)(=O)N2CCCC2)cc1. The number of carbonyl (C=O) groups excluding carboxylic acids is 1. The molecular formula is C23H29N3O3S. The van der Waals surface area contributed by atoms with Crippen molar-refractivity contribution in [2.24, 2.45) is 0 Å². The van der Waals surface area contributed by atoms with Gasteiger partial charge in [0, 0.05) is 44.0 Å². The predicted octanol–water partition coefficient (Wildman–Crippen LogP) is 2.79. The molecule has 0 aliphatic carbocycles. The number of fused-ring (bicyclic) bond motifs is 1. The Bertz CT molecular complexity index is 983. The van der Waals surface area contributed by atoms with Crippen LogP contribution in [0, 0.1) is 0 Å². The van der Waals surface area contributed by atoms with E-state index >= 15 is 0 Å². The molecule has 2 aromatic rings. The molecule has 0 unspecified atom stereocenters. The van der Waals surface area contributed by atoms with E-state index in [0.29, 0.717) is 30.8 Å². The largest absolute Gasteiger partial charge is 0.371 e. The molecule has 0 spiro atoms. The van der Waals surface area contributed by atoms with Gasteiger partial charge in [0.25, 0.3) is 5.91 Å². The van der Waals surface area contributed by atoms with E-state index in [1.807, 2.05) is 0 Å². The maximum absolute atomic E-state index is 12.4. The van der Waals surface area contributed by atoms with Crippen molar-refractivity contribution in [3.8, 4) is 0 Å². The van der Waals surface area contributed by atoms with Gasteiger partial charge in [0.15, 0.2) is 0 Å². The third-order valence-corrected chi connectivity index (χ3v) is 7.75. The van der Waals surface area contributed by atoms with Gasteiger partial charge in [-0.1, -0.05) is 30.3 Å². The molecule has 0 bridgehead atoms. The van der Waals surface area contributed by atoms with E-state index < -0.39 is 10.0 Å². The minimum atomic E-state index is -3.27. The number of nitrogens with one attached hydrogen (secondary N) is 1. The third-order valence-electron chi connectivity index (χ3n) is 5.90. The number of amides is 1. The summed E-state index contributed by atoms with van der Waals surface area (Å²) in [5, 5.41) is 2.97. The molecule has 4 rings (SSSR count). The fourth-order valence-corrected chi connectivity index (χ4v) is 5.84. The predicted molar refractivity (Wildman–Crippen MR) is 119 cm³/mol. The van der Waals surface area contributed by atoms with Crippen molar-refractivity contribution in [3.05, 3.63) is 65.2 Å². The van der Waals surface area contributed by atoms with E-state index in [2.05, 4.69) is 34.5 Å². The number of sulfonamides is 1. The van der Waals surface area contributed by atoms with Gasteiger partial charge in [-0.15, -0.1) is 0 Å². The summed E-state index contributed by atoms with van der Waals surface area (Å²) in [7, 11) is -3.27. The molecule has 2 aromatic carbocycles. The Morgan fingerprint density at radius 2 is 1.70 bits per heavy atom. The Balaban J connectivity index is 1.23. The van der Waals surface area contributed by atoms with Crippen LogP contribution in [0.25, 0.3) is 0 Å². The van der Waals surface area contributed by atoms with Crippen molar-refractivity contribution >= 4 is 21.6 Å². The summed E-state index contributed by atoms with van der Waals surface area (Å²) in [6.07, 6.45) is 3.83. The topological polar surface area (TPSA) is 69.7 Å². The molecular weight excluding hydrogens is 398 g/mol. The minimum Gasteiger partial charge on any atom is -0.371 e. The van der Waals surface area contributed by atoms with Crippen LogP contribution >= 0.6 is 0 Å². The van der Waals surface area contributed by atoms with Gasteiger partial charge in [0.05, 0.1) is 5.75 Å². The van der Waals surface area contributed by atoms with E-state index in [1.165, 1.54) is 11.3 Å². The lowest BCUT2D eigenvalue weighted by atomic mass is 10.1. The first-order valence-corrected chi connectivity index (χ1v) is 12.3. The lowest BCUT2D eigenvalue weighted by molar-refractivity contribution is 0.0953. The molecule has 30 heavy (non-hydrogen) atoms. The normalized spacial score (nSPS) is 16.6. The highest BCUT2D eigenvalue weighted by Gasteiger charge is 2.25. The summed E-state index contributed by atoms with van der Waals surface area (Å²) < 4.78 is 26.4. The first-order valence-electron chi connectivity index (χ1n) is 10.7. The summed E-state index contributed by atoms with van der Waals surface area (Å²) >= 11 is 0. The highest BCUT2D eigenvalue weighted by molar-refractivity contribution is 7.88. The first-order chi connectivity index (χ1) is 14.5. The number of carbonyl (C=O) groups is 1. The number of para-hydroxylation sites is 1. The third kappa shape index (κ3) is 4.84. The lowest BCUT2D eigenvalue weighted by Crippen LogP contribution is -2.29. The van der Waals surface area contributed by atoms with Gasteiger partial charge in [-0.2, -0.15) is 0 Å². The van der Waals surface area contributed by atoms with Crippen LogP contribution < -0.4 is 10.2 Å². The van der Waals surface area contributed by atoms with Gasteiger partial charge in [-0.3, -0.25) is 4.79 Å². The fourth-order valence-electron chi connectivity index (χ4n) is 4.23. The summed E-state index contributed by atoms with van der Waals surface area (Å²) in [5.74, 6) is -0.127. The maximum atomic E-state index is 12.4. The van der Waals surface area contributed by atoms with Gasteiger partial charge in [0.2, 0.25) is 10.0 Å². The zero-order chi connectivity index (χ0) is 21.0. The smallest absolute Gasteiger partial charge is 0.251 e. The van der Waals surface area contributed by atoms with E-state index in [4.69, 9.17) is 0 Å². The van der Waals surface area contributed by atoms with E-state index in [0.717, 1.165) is 38.8 Å². The molecule has 7 heteroatoms. The summed E-state index contributed by atoms with van der Waals surface area (Å²) in [4.78, 5) is 14.8. The van der Waals surface area contributed by atoms with Crippen LogP contribution in [0.5, 0.6) is 0 Å². The molecule has 1 N–H and O–H groups in total. The quantitative estimate of drug-likeness (QED) is 0.658. The molecule has 0 aromatic heterocycles. The average Bonchev–Trinajstić information content (AvgIpc) is 3.42. The Hall–Kier alpha value is -2.38. The Morgan fingerprint density at radius 1 is 0.967 bits per heavy atom. The first kappa shape index (κ1) is 20.9. The van der Waals surface area contributed by atoms with Crippen LogP contribution in [0.1, 0.15) is 40.7 Å². The van der Waals surface area contributed by atoms with E-state index in [-0.39, 0.29) is 11.7 Å². The molecule has 1 saturated heterocycles. The average molecular weight is 428 g/mol. The van der Waals surface area contributed by atoms with Gasteiger partial charge in [-0.25, -0.2) is 12.7 Å². The number of anilines is 1. The van der Waals surface area contributed by atoms with Crippen molar-refractivity contribution in [2.75, 3.05) is 37.6 Å². The summed E-state index contributed by atoms with van der Waals surface area (Å²) in [6.45, 7) is 3.81.